The SMILES string of the molecule is CCN(CC(F)(F)F)C(=O)c1cc(C)cc(C)c1. The molecule has 0 fully saturated rings. The Morgan fingerprint density at radius 2 is 1.67 bits per heavy atom. The fraction of sp³-hybridized carbons (Fsp3) is 0.462. The van der Waals surface area contributed by atoms with E-state index in [2.05, 4.69) is 0 Å². The van der Waals surface area contributed by atoms with Gasteiger partial charge in [-0.05, 0) is 32.9 Å². The van der Waals surface area contributed by atoms with Gasteiger partial charge in [-0.15, -0.1) is 0 Å². The minimum absolute atomic E-state index is 0.0331. The summed E-state index contributed by atoms with van der Waals surface area (Å²) in [5, 5.41) is 0. The molecular formula is C13H16F3NO. The second kappa shape index (κ2) is 5.42. The van der Waals surface area contributed by atoms with Crippen LogP contribution in [0.2, 0.25) is 0 Å². The molecule has 2 nitrogen and oxygen atoms in total. The first kappa shape index (κ1) is 14.5. The van der Waals surface area contributed by atoms with Gasteiger partial charge in [0.25, 0.3) is 5.91 Å². The summed E-state index contributed by atoms with van der Waals surface area (Å²) >= 11 is 0. The molecule has 1 aromatic rings. The van der Waals surface area contributed by atoms with Gasteiger partial charge in [0.05, 0.1) is 0 Å². The highest BCUT2D eigenvalue weighted by molar-refractivity contribution is 5.94. The molecular weight excluding hydrogens is 243 g/mol. The molecule has 1 aromatic carbocycles. The molecule has 100 valence electrons. The Morgan fingerprint density at radius 3 is 2.06 bits per heavy atom. The second-order valence-corrected chi connectivity index (χ2v) is 4.31. The standard InChI is InChI=1S/C13H16F3NO/c1-4-17(8-13(14,15)16)12(18)11-6-9(2)5-10(3)7-11/h5-7H,4,8H2,1-3H3. The third kappa shape index (κ3) is 4.05. The van der Waals surface area contributed by atoms with Crippen molar-refractivity contribution in [2.45, 2.75) is 26.9 Å². The maximum atomic E-state index is 12.3. The van der Waals surface area contributed by atoms with E-state index >= 15 is 0 Å². The fourth-order valence-electron chi connectivity index (χ4n) is 1.82. The summed E-state index contributed by atoms with van der Waals surface area (Å²) in [7, 11) is 0. The van der Waals surface area contributed by atoms with E-state index in [9.17, 15) is 18.0 Å². The van der Waals surface area contributed by atoms with Crippen molar-refractivity contribution in [3.63, 3.8) is 0 Å². The smallest absolute Gasteiger partial charge is 0.330 e. The largest absolute Gasteiger partial charge is 0.406 e. The molecule has 18 heavy (non-hydrogen) atoms. The van der Waals surface area contributed by atoms with Gasteiger partial charge in [0.15, 0.2) is 0 Å². The summed E-state index contributed by atoms with van der Waals surface area (Å²) in [6.07, 6.45) is -4.37. The highest BCUT2D eigenvalue weighted by atomic mass is 19.4. The molecule has 0 saturated heterocycles. The summed E-state index contributed by atoms with van der Waals surface area (Å²) in [5.41, 5.74) is 2.03. The average Bonchev–Trinajstić information content (AvgIpc) is 2.22. The maximum Gasteiger partial charge on any atom is 0.406 e. The van der Waals surface area contributed by atoms with Gasteiger partial charge in [-0.25, -0.2) is 0 Å². The summed E-state index contributed by atoms with van der Waals surface area (Å²) in [6, 6.07) is 5.08. The number of hydrogen-bond acceptors (Lipinski definition) is 1. The van der Waals surface area contributed by atoms with Crippen LogP contribution in [0.4, 0.5) is 13.2 Å². The number of nitrogens with zero attached hydrogens (tertiary/aromatic N) is 1. The van der Waals surface area contributed by atoms with Crippen molar-refractivity contribution in [1.29, 1.82) is 0 Å². The van der Waals surface area contributed by atoms with E-state index in [1.54, 1.807) is 12.1 Å². The van der Waals surface area contributed by atoms with Crippen molar-refractivity contribution in [2.75, 3.05) is 13.1 Å². The van der Waals surface area contributed by atoms with Gasteiger partial charge in [0.2, 0.25) is 0 Å². The number of aryl methyl sites for hydroxylation is 2. The van der Waals surface area contributed by atoms with Crippen LogP contribution in [-0.2, 0) is 0 Å². The molecule has 0 atom stereocenters. The third-order valence-corrected chi connectivity index (χ3v) is 2.51. The highest BCUT2D eigenvalue weighted by Gasteiger charge is 2.32. The first-order chi connectivity index (χ1) is 8.23. The third-order valence-electron chi connectivity index (χ3n) is 2.51. The molecule has 0 aliphatic heterocycles. The Labute approximate surface area is 104 Å². The quantitative estimate of drug-likeness (QED) is 0.815. The number of benzene rings is 1. The summed E-state index contributed by atoms with van der Waals surface area (Å²) in [6.45, 7) is 3.97. The predicted molar refractivity (Wildman–Crippen MR) is 63.5 cm³/mol. The first-order valence-corrected chi connectivity index (χ1v) is 5.67. The molecule has 0 saturated carbocycles. The zero-order valence-electron chi connectivity index (χ0n) is 10.6. The zero-order chi connectivity index (χ0) is 13.9. The number of carbonyl (C=O) groups excluding carboxylic acids is 1. The van der Waals surface area contributed by atoms with Crippen LogP contribution in [0.5, 0.6) is 0 Å². The number of hydrogen-bond donors (Lipinski definition) is 0. The Kier molecular flexibility index (Phi) is 4.38. The number of alkyl halides is 3. The van der Waals surface area contributed by atoms with Crippen LogP contribution in [0.3, 0.4) is 0 Å². The molecule has 0 aliphatic carbocycles. The van der Waals surface area contributed by atoms with Crippen molar-refractivity contribution < 1.29 is 18.0 Å². The lowest BCUT2D eigenvalue weighted by atomic mass is 10.1. The molecule has 0 aliphatic rings. The van der Waals surface area contributed by atoms with Crippen molar-refractivity contribution in [3.05, 3.63) is 34.9 Å². The monoisotopic (exact) mass is 259 g/mol. The van der Waals surface area contributed by atoms with E-state index in [1.165, 1.54) is 6.92 Å². The van der Waals surface area contributed by atoms with Gasteiger partial charge in [-0.1, -0.05) is 17.2 Å². The highest BCUT2D eigenvalue weighted by Crippen LogP contribution is 2.19. The van der Waals surface area contributed by atoms with E-state index in [1.807, 2.05) is 19.9 Å². The average molecular weight is 259 g/mol. The predicted octanol–water partition coefficient (Wildman–Crippen LogP) is 3.33. The Morgan fingerprint density at radius 1 is 1.17 bits per heavy atom. The van der Waals surface area contributed by atoms with Crippen molar-refractivity contribution >= 4 is 5.91 Å². The van der Waals surface area contributed by atoms with Crippen LogP contribution in [0.25, 0.3) is 0 Å². The van der Waals surface area contributed by atoms with Gasteiger partial charge in [-0.2, -0.15) is 13.2 Å². The summed E-state index contributed by atoms with van der Waals surface area (Å²) in [5.74, 6) is -0.582. The molecule has 0 aromatic heterocycles. The van der Waals surface area contributed by atoms with Gasteiger partial charge >= 0.3 is 6.18 Å². The van der Waals surface area contributed by atoms with E-state index in [-0.39, 0.29) is 6.54 Å². The van der Waals surface area contributed by atoms with Crippen LogP contribution in [0, 0.1) is 13.8 Å². The molecule has 0 bridgehead atoms. The Bertz CT molecular complexity index is 420. The zero-order valence-corrected chi connectivity index (χ0v) is 10.6. The van der Waals surface area contributed by atoms with Crippen molar-refractivity contribution in [1.82, 2.24) is 4.90 Å². The van der Waals surface area contributed by atoms with Gasteiger partial charge in [-0.3, -0.25) is 4.79 Å². The Hall–Kier alpha value is -1.52. The molecule has 0 N–H and O–H groups in total. The topological polar surface area (TPSA) is 20.3 Å². The first-order valence-electron chi connectivity index (χ1n) is 5.67. The molecule has 5 heteroatoms. The minimum Gasteiger partial charge on any atom is -0.330 e. The number of halogens is 3. The molecule has 0 heterocycles. The van der Waals surface area contributed by atoms with Crippen molar-refractivity contribution in [2.24, 2.45) is 0 Å². The maximum absolute atomic E-state index is 12.3. The van der Waals surface area contributed by atoms with E-state index < -0.39 is 18.6 Å². The normalized spacial score (nSPS) is 11.4. The number of carbonyl (C=O) groups is 1. The van der Waals surface area contributed by atoms with Crippen LogP contribution in [-0.4, -0.2) is 30.1 Å². The molecule has 0 spiro atoms. The number of amides is 1. The molecule has 0 radical (unpaired) electrons. The van der Waals surface area contributed by atoms with E-state index in [4.69, 9.17) is 0 Å². The van der Waals surface area contributed by atoms with Crippen molar-refractivity contribution in [3.8, 4) is 0 Å². The lowest BCUT2D eigenvalue weighted by Gasteiger charge is -2.22. The Balaban J connectivity index is 2.96. The fourth-order valence-corrected chi connectivity index (χ4v) is 1.82. The van der Waals surface area contributed by atoms with E-state index in [0.29, 0.717) is 5.56 Å². The molecule has 0 unspecified atom stereocenters. The summed E-state index contributed by atoms with van der Waals surface area (Å²) in [4.78, 5) is 12.8. The van der Waals surface area contributed by atoms with Crippen LogP contribution < -0.4 is 0 Å². The van der Waals surface area contributed by atoms with Crippen LogP contribution >= 0.6 is 0 Å². The number of rotatable bonds is 3. The molecule has 1 rings (SSSR count). The van der Waals surface area contributed by atoms with Crippen LogP contribution in [0.15, 0.2) is 18.2 Å². The molecule has 1 amide bonds. The second-order valence-electron chi connectivity index (χ2n) is 4.31. The van der Waals surface area contributed by atoms with E-state index in [0.717, 1.165) is 16.0 Å². The minimum atomic E-state index is -4.37. The van der Waals surface area contributed by atoms with Crippen LogP contribution in [0.1, 0.15) is 28.4 Å². The summed E-state index contributed by atoms with van der Waals surface area (Å²) < 4.78 is 37.0. The van der Waals surface area contributed by atoms with Gasteiger partial charge in [0, 0.05) is 12.1 Å². The lowest BCUT2D eigenvalue weighted by molar-refractivity contribution is -0.140. The van der Waals surface area contributed by atoms with Gasteiger partial charge in [0.1, 0.15) is 6.54 Å². The van der Waals surface area contributed by atoms with Gasteiger partial charge < -0.3 is 4.90 Å². The lowest BCUT2D eigenvalue weighted by Crippen LogP contribution is -2.38.